The lowest BCUT2D eigenvalue weighted by Gasteiger charge is -2.11. The number of hydrogen-bond donors (Lipinski definition) is 7. The van der Waals surface area contributed by atoms with Gasteiger partial charge in [-0.15, -0.1) is 0 Å². The van der Waals surface area contributed by atoms with Crippen molar-refractivity contribution in [1.82, 2.24) is 37.2 Å². The zero-order valence-electron chi connectivity index (χ0n) is 53.5. The molecule has 84 heavy (non-hydrogen) atoms. The van der Waals surface area contributed by atoms with Crippen molar-refractivity contribution in [3.05, 3.63) is 0 Å². The van der Waals surface area contributed by atoms with Crippen molar-refractivity contribution in [3.63, 3.8) is 0 Å². The third-order valence-electron chi connectivity index (χ3n) is 12.5. The minimum Gasteiger partial charge on any atom is -0.381 e. The van der Waals surface area contributed by atoms with E-state index < -0.39 is 0 Å². The number of piperazine rings is 1. The molecule has 0 unspecified atom stereocenters. The van der Waals surface area contributed by atoms with Crippen LogP contribution in [0.2, 0.25) is 0 Å². The van der Waals surface area contributed by atoms with Crippen LogP contribution in [0, 0.1) is 0 Å². The van der Waals surface area contributed by atoms with Gasteiger partial charge in [-0.1, -0.05) is 12.8 Å². The van der Waals surface area contributed by atoms with Crippen LogP contribution in [-0.4, -0.2) is 278 Å². The van der Waals surface area contributed by atoms with Gasteiger partial charge in [-0.3, -0.25) is 0 Å². The number of piperidine rings is 1. The quantitative estimate of drug-likeness (QED) is 0.114. The molecule has 17 aliphatic heterocycles. The number of epoxide rings is 1. The zero-order chi connectivity index (χ0) is 59.4. The SMILES string of the molecule is C1CCNC1.C1CCNCC1.C1CCOC1.C1CCOCC1.C1CCSC1.C1CCSCC1.C1CN1.C1CNC1.C1CNCCN1.C1CO1.C1COC1.C1COCCN1.C1COCCO1.C1CS1.C1CSC1.C1CSCCO1.C1CSCCS1. The molecule has 0 aromatic rings. The van der Waals surface area contributed by atoms with E-state index in [0.29, 0.717) is 0 Å². The molecule has 22 heteroatoms. The van der Waals surface area contributed by atoms with Crippen LogP contribution >= 0.6 is 82.3 Å². The van der Waals surface area contributed by atoms with Gasteiger partial charge in [0.1, 0.15) is 0 Å². The first-order valence-electron chi connectivity index (χ1n) is 33.6. The lowest BCUT2D eigenvalue weighted by molar-refractivity contribution is -0.0334. The molecule has 7 N–H and O–H groups in total. The van der Waals surface area contributed by atoms with Crippen LogP contribution in [0.4, 0.5) is 0 Å². The molecule has 0 spiro atoms. The zero-order valence-corrected chi connectivity index (χ0v) is 59.2. The molecular weight excluding hydrogens is 1200 g/mol. The summed E-state index contributed by atoms with van der Waals surface area (Å²) in [5, 5.41) is 22.2. The van der Waals surface area contributed by atoms with Gasteiger partial charge in [0.2, 0.25) is 0 Å². The van der Waals surface area contributed by atoms with Crippen LogP contribution in [0.15, 0.2) is 0 Å². The lowest BCUT2D eigenvalue weighted by atomic mass is 10.2. The van der Waals surface area contributed by atoms with Crippen molar-refractivity contribution in [3.8, 4) is 0 Å². The summed E-state index contributed by atoms with van der Waals surface area (Å²) in [6.07, 6.45) is 24.9. The van der Waals surface area contributed by atoms with Crippen molar-refractivity contribution in [1.29, 1.82) is 0 Å². The molecule has 17 heterocycles. The number of ether oxygens (including phenoxy) is 8. The highest BCUT2D eigenvalue weighted by Gasteiger charge is 2.02. The maximum Gasteiger partial charge on any atom is 0.0701 e. The Morgan fingerprint density at radius 3 is 0.476 bits per heavy atom. The number of rotatable bonds is 0. The molecule has 0 aliphatic carbocycles. The van der Waals surface area contributed by atoms with Crippen molar-refractivity contribution in [2.24, 2.45) is 0 Å². The molecule has 17 rings (SSSR count). The summed E-state index contributed by atoms with van der Waals surface area (Å²) in [7, 11) is 0. The Bertz CT molecular complexity index is 780. The van der Waals surface area contributed by atoms with E-state index in [9.17, 15) is 0 Å². The summed E-state index contributed by atoms with van der Waals surface area (Å²) in [5.41, 5.74) is 0. The molecule has 17 saturated heterocycles. The van der Waals surface area contributed by atoms with E-state index in [1.54, 1.807) is 0 Å². The standard InChI is InChI=1S/C5H11N.C5H10O.C5H10S.C4H10N2.C4H9NO.C4H9N.C4H8O2.C4H8OS.C4H8O.C4H8S2.C4H8S.C3H7N.C3H6O.C3H6S.C2H5N.C2H4O.C2H4S/c3*1-2-4-6-5-3-1;1-2-6-4-3-5-1;1-3-6-4-2-5-1;1-2-4-5-3-1;1-2-6-4-3-5-1;1-3-6-4-2-5-1;1-2-4-5-3-1;1-2-6-4-3-5-1;1-2-4-5-3-1;3*1-2-4-3-1;3*1-2-3-1/h6H,1-5H2;2*1-5H2;5-6H,1-4H2;5H,1-4H2;5H,1-4H2;2*1-4H2;1-4H2;1-4H2;1-4H2;4H,1-3H2;2*1-3H2;3H,1-2H2;2*1-2H2. The molecular formula is C62H131N7O8S7. The largest absolute Gasteiger partial charge is 0.381 e. The highest BCUT2D eigenvalue weighted by atomic mass is 32.2. The summed E-state index contributed by atoms with van der Waals surface area (Å²) in [6, 6.07) is 0. The summed E-state index contributed by atoms with van der Waals surface area (Å²) < 4.78 is 39.2. The number of hydrogen-bond acceptors (Lipinski definition) is 22. The maximum absolute atomic E-state index is 5.07. The van der Waals surface area contributed by atoms with Gasteiger partial charge in [0.05, 0.1) is 66.1 Å². The van der Waals surface area contributed by atoms with E-state index in [4.69, 9.17) is 33.2 Å². The van der Waals surface area contributed by atoms with E-state index in [0.717, 1.165) is 145 Å². The molecule has 0 bridgehead atoms. The fourth-order valence-electron chi connectivity index (χ4n) is 6.73. The average Bonchev–Trinajstić information content (AvgIpc) is 4.55. The van der Waals surface area contributed by atoms with Crippen molar-refractivity contribution >= 4 is 82.3 Å². The van der Waals surface area contributed by atoms with E-state index in [2.05, 4.69) is 89.0 Å². The second-order valence-electron chi connectivity index (χ2n) is 20.8. The van der Waals surface area contributed by atoms with Crippen molar-refractivity contribution in [2.45, 2.75) is 116 Å². The Kier molecular flexibility index (Phi) is 80.8. The van der Waals surface area contributed by atoms with Crippen LogP contribution in [0.1, 0.15) is 116 Å². The number of morpholine rings is 1. The van der Waals surface area contributed by atoms with E-state index >= 15 is 0 Å². The van der Waals surface area contributed by atoms with Crippen molar-refractivity contribution < 1.29 is 37.9 Å². The number of nitrogens with one attached hydrogen (secondary N) is 7. The summed E-state index contributed by atoms with van der Waals surface area (Å²) in [6.45, 7) is 31.4. The maximum atomic E-state index is 5.07. The third-order valence-corrected chi connectivity index (χ3v) is 19.8. The third kappa shape index (κ3) is 90.3. The number of thioether (sulfide) groups is 7. The Hall–Kier alpha value is 1.85. The topological polar surface area (TPSA) is 171 Å². The first-order valence-corrected chi connectivity index (χ1v) is 41.7. The minimum absolute atomic E-state index is 0.778. The first-order chi connectivity index (χ1) is 42.0. The van der Waals surface area contributed by atoms with E-state index in [1.807, 2.05) is 35.3 Å². The normalized spacial score (nSPS) is 24.0. The van der Waals surface area contributed by atoms with E-state index in [-0.39, 0.29) is 0 Å². The Labute approximate surface area is 547 Å². The molecule has 15 nitrogen and oxygen atoms in total. The van der Waals surface area contributed by atoms with Gasteiger partial charge >= 0.3 is 0 Å². The van der Waals surface area contributed by atoms with Gasteiger partial charge in [0.15, 0.2) is 0 Å². The minimum atomic E-state index is 0.778. The summed E-state index contributed by atoms with van der Waals surface area (Å²) in [5.74, 6) is 19.2. The Balaban J connectivity index is 0.000000448. The smallest absolute Gasteiger partial charge is 0.0701 e. The van der Waals surface area contributed by atoms with E-state index in [1.165, 1.54) is 248 Å². The summed E-state index contributed by atoms with van der Waals surface area (Å²) in [4.78, 5) is 0. The van der Waals surface area contributed by atoms with Crippen LogP contribution in [0.25, 0.3) is 0 Å². The molecule has 17 aliphatic rings. The molecule has 0 aromatic heterocycles. The van der Waals surface area contributed by atoms with Crippen molar-refractivity contribution in [2.75, 3.05) is 278 Å². The van der Waals surface area contributed by atoms with Crippen LogP contribution < -0.4 is 37.2 Å². The Morgan fingerprint density at radius 1 is 0.131 bits per heavy atom. The monoisotopic (exact) mass is 1330 g/mol. The van der Waals surface area contributed by atoms with Crippen LogP contribution in [0.3, 0.4) is 0 Å². The molecule has 0 saturated carbocycles. The van der Waals surface area contributed by atoms with Crippen LogP contribution in [0.5, 0.6) is 0 Å². The van der Waals surface area contributed by atoms with Crippen LogP contribution in [-0.2, 0) is 37.9 Å². The lowest BCUT2D eigenvalue weighted by Crippen LogP contribution is -2.39. The molecule has 17 fully saturated rings. The fraction of sp³-hybridized carbons (Fsp3) is 1.00. The predicted molar refractivity (Wildman–Crippen MR) is 381 cm³/mol. The second kappa shape index (κ2) is 80.9. The fourth-order valence-corrected chi connectivity index (χ4v) is 12.0. The molecule has 0 radical (unpaired) electrons. The molecule has 0 aromatic carbocycles. The predicted octanol–water partition coefficient (Wildman–Crippen LogP) is 9.41. The second-order valence-corrected chi connectivity index (χ2v) is 29.4. The van der Waals surface area contributed by atoms with Gasteiger partial charge in [-0.25, -0.2) is 0 Å². The summed E-state index contributed by atoms with van der Waals surface area (Å²) >= 11 is 14.3. The molecule has 0 amide bonds. The highest BCUT2D eigenvalue weighted by molar-refractivity contribution is 8.06. The molecule has 504 valence electrons. The van der Waals surface area contributed by atoms with Gasteiger partial charge in [-0.2, -0.15) is 82.3 Å². The molecule has 0 atom stereocenters. The van der Waals surface area contributed by atoms with Gasteiger partial charge < -0.3 is 75.1 Å². The first kappa shape index (κ1) is 83.9. The Morgan fingerprint density at radius 2 is 0.345 bits per heavy atom. The van der Waals surface area contributed by atoms with Gasteiger partial charge in [-0.05, 0) is 177 Å². The highest BCUT2D eigenvalue weighted by Crippen LogP contribution is 2.17. The van der Waals surface area contributed by atoms with Gasteiger partial charge in [0, 0.05) is 138 Å². The van der Waals surface area contributed by atoms with Gasteiger partial charge in [0.25, 0.3) is 0 Å². The average molecular weight is 1330 g/mol.